The molecule has 3 heteroatoms. The molecule has 2 heterocycles. The average molecular weight is 284 g/mol. The molecule has 0 spiro atoms. The maximum atomic E-state index is 6.02. The van der Waals surface area contributed by atoms with Crippen LogP contribution in [0.2, 0.25) is 0 Å². The number of ether oxygens (including phenoxy) is 1. The Morgan fingerprint density at radius 1 is 1.33 bits per heavy atom. The lowest BCUT2D eigenvalue weighted by Gasteiger charge is -2.14. The summed E-state index contributed by atoms with van der Waals surface area (Å²) in [6.45, 7) is 3.14. The molecule has 0 aliphatic carbocycles. The second-order valence-electron chi connectivity index (χ2n) is 5.82. The number of nitrogens with one attached hydrogen (secondary N) is 1. The molecule has 0 saturated heterocycles. The molecule has 21 heavy (non-hydrogen) atoms. The van der Waals surface area contributed by atoms with Gasteiger partial charge in [0.15, 0.2) is 0 Å². The second kappa shape index (κ2) is 6.35. The summed E-state index contributed by atoms with van der Waals surface area (Å²) < 4.78 is 8.27. The molecule has 112 valence electrons. The predicted octanol–water partition coefficient (Wildman–Crippen LogP) is 3.55. The molecule has 2 unspecified atom stereocenters. The summed E-state index contributed by atoms with van der Waals surface area (Å²) in [5, 5.41) is 3.40. The van der Waals surface area contributed by atoms with Gasteiger partial charge in [-0.15, -0.1) is 0 Å². The van der Waals surface area contributed by atoms with Crippen molar-refractivity contribution in [2.75, 3.05) is 7.05 Å². The van der Waals surface area contributed by atoms with E-state index >= 15 is 0 Å². The Morgan fingerprint density at radius 2 is 2.19 bits per heavy atom. The van der Waals surface area contributed by atoms with E-state index in [0.29, 0.717) is 6.04 Å². The predicted molar refractivity (Wildman–Crippen MR) is 85.7 cm³/mol. The van der Waals surface area contributed by atoms with Crippen molar-refractivity contribution in [1.82, 2.24) is 9.88 Å². The van der Waals surface area contributed by atoms with E-state index in [1.165, 1.54) is 24.0 Å². The Bertz CT molecular complexity index is 565. The van der Waals surface area contributed by atoms with Crippen molar-refractivity contribution in [2.24, 2.45) is 0 Å². The van der Waals surface area contributed by atoms with Crippen LogP contribution in [-0.2, 0) is 13.0 Å². The van der Waals surface area contributed by atoms with Crippen molar-refractivity contribution in [2.45, 2.75) is 44.9 Å². The highest BCUT2D eigenvalue weighted by Crippen LogP contribution is 2.29. The minimum Gasteiger partial charge on any atom is -0.488 e. The molecular weight excluding hydrogens is 260 g/mol. The number of hydrogen-bond acceptors (Lipinski definition) is 2. The first-order chi connectivity index (χ1) is 10.3. The number of nitrogens with zero attached hydrogens (tertiary/aromatic N) is 1. The summed E-state index contributed by atoms with van der Waals surface area (Å²) in [4.78, 5) is 0. The van der Waals surface area contributed by atoms with E-state index in [1.54, 1.807) is 0 Å². The van der Waals surface area contributed by atoms with E-state index in [2.05, 4.69) is 53.5 Å². The molecule has 0 amide bonds. The van der Waals surface area contributed by atoms with Crippen LogP contribution in [0, 0.1) is 0 Å². The van der Waals surface area contributed by atoms with Crippen LogP contribution in [0.5, 0.6) is 5.75 Å². The summed E-state index contributed by atoms with van der Waals surface area (Å²) in [5.74, 6) is 1.05. The molecule has 0 bridgehead atoms. The Labute approximate surface area is 126 Å². The zero-order chi connectivity index (χ0) is 14.7. The third-order valence-corrected chi connectivity index (χ3v) is 4.23. The average Bonchev–Trinajstić information content (AvgIpc) is 3.11. The third kappa shape index (κ3) is 3.13. The lowest BCUT2D eigenvalue weighted by Crippen LogP contribution is -2.20. The van der Waals surface area contributed by atoms with Crippen molar-refractivity contribution in [3.05, 3.63) is 53.9 Å². The lowest BCUT2D eigenvalue weighted by molar-refractivity contribution is 0.209. The molecule has 2 atom stereocenters. The van der Waals surface area contributed by atoms with Crippen molar-refractivity contribution in [3.63, 3.8) is 0 Å². The summed E-state index contributed by atoms with van der Waals surface area (Å²) in [6, 6.07) is 11.0. The fourth-order valence-electron chi connectivity index (χ4n) is 3.14. The van der Waals surface area contributed by atoms with Gasteiger partial charge in [0, 0.05) is 24.9 Å². The van der Waals surface area contributed by atoms with Crippen molar-refractivity contribution in [1.29, 1.82) is 0 Å². The number of fused-ring (bicyclic) bond motifs is 1. The first-order valence-electron chi connectivity index (χ1n) is 7.87. The van der Waals surface area contributed by atoms with Crippen LogP contribution in [0.3, 0.4) is 0 Å². The number of para-hydroxylation sites is 1. The maximum Gasteiger partial charge on any atom is 0.123 e. The van der Waals surface area contributed by atoms with Crippen molar-refractivity contribution >= 4 is 0 Å². The normalized spacial score (nSPS) is 18.3. The lowest BCUT2D eigenvalue weighted by atomic mass is 10.1. The Hall–Kier alpha value is -1.74. The molecule has 0 radical (unpaired) electrons. The van der Waals surface area contributed by atoms with Crippen LogP contribution in [-0.4, -0.2) is 17.7 Å². The minimum absolute atomic E-state index is 0.252. The molecule has 1 N–H and O–H groups in total. The number of hydrogen-bond donors (Lipinski definition) is 1. The zero-order valence-corrected chi connectivity index (χ0v) is 12.9. The van der Waals surface area contributed by atoms with Gasteiger partial charge in [-0.25, -0.2) is 0 Å². The highest BCUT2D eigenvalue weighted by atomic mass is 16.5. The van der Waals surface area contributed by atoms with Crippen LogP contribution in [0.1, 0.15) is 36.9 Å². The van der Waals surface area contributed by atoms with Gasteiger partial charge in [-0.1, -0.05) is 31.5 Å². The van der Waals surface area contributed by atoms with Crippen LogP contribution < -0.4 is 10.1 Å². The molecule has 0 saturated carbocycles. The summed E-state index contributed by atoms with van der Waals surface area (Å²) in [7, 11) is 2.04. The number of benzene rings is 1. The van der Waals surface area contributed by atoms with Gasteiger partial charge in [-0.2, -0.15) is 0 Å². The van der Waals surface area contributed by atoms with Crippen LogP contribution in [0.4, 0.5) is 0 Å². The molecule has 2 aromatic rings. The van der Waals surface area contributed by atoms with E-state index in [9.17, 15) is 0 Å². The van der Waals surface area contributed by atoms with Gasteiger partial charge >= 0.3 is 0 Å². The second-order valence-corrected chi connectivity index (χ2v) is 5.82. The summed E-state index contributed by atoms with van der Waals surface area (Å²) in [5.41, 5.74) is 2.70. The highest BCUT2D eigenvalue weighted by molar-refractivity contribution is 5.37. The van der Waals surface area contributed by atoms with Crippen molar-refractivity contribution < 1.29 is 4.74 Å². The first kappa shape index (κ1) is 14.2. The largest absolute Gasteiger partial charge is 0.488 e. The monoisotopic (exact) mass is 284 g/mol. The number of rotatable bonds is 6. The summed E-state index contributed by atoms with van der Waals surface area (Å²) in [6.07, 6.45) is 8.05. The standard InChI is InChI=1S/C18H24N2O/c1-3-6-17(19-2)15-9-10-20(12-15)13-16-11-14-7-4-5-8-18(14)21-16/h4-5,7-10,12,16-17,19H,3,6,11,13H2,1-2H3. The number of aromatic nitrogens is 1. The molecule has 1 aromatic carbocycles. The van der Waals surface area contributed by atoms with Gasteiger partial charge in [0.1, 0.15) is 11.9 Å². The van der Waals surface area contributed by atoms with E-state index in [0.717, 1.165) is 18.7 Å². The molecule has 0 fully saturated rings. The van der Waals surface area contributed by atoms with Gasteiger partial charge in [-0.05, 0) is 36.7 Å². The van der Waals surface area contributed by atoms with E-state index in [4.69, 9.17) is 4.74 Å². The van der Waals surface area contributed by atoms with E-state index < -0.39 is 0 Å². The van der Waals surface area contributed by atoms with Gasteiger partial charge in [0.2, 0.25) is 0 Å². The Kier molecular flexibility index (Phi) is 4.30. The van der Waals surface area contributed by atoms with Crippen LogP contribution in [0.25, 0.3) is 0 Å². The Morgan fingerprint density at radius 3 is 2.95 bits per heavy atom. The van der Waals surface area contributed by atoms with E-state index in [-0.39, 0.29) is 6.10 Å². The smallest absolute Gasteiger partial charge is 0.123 e. The fraction of sp³-hybridized carbons (Fsp3) is 0.444. The van der Waals surface area contributed by atoms with Gasteiger partial charge < -0.3 is 14.6 Å². The van der Waals surface area contributed by atoms with Gasteiger partial charge in [-0.3, -0.25) is 0 Å². The van der Waals surface area contributed by atoms with Crippen LogP contribution >= 0.6 is 0 Å². The fourth-order valence-corrected chi connectivity index (χ4v) is 3.14. The third-order valence-electron chi connectivity index (χ3n) is 4.23. The molecule has 1 aromatic heterocycles. The topological polar surface area (TPSA) is 26.2 Å². The molecule has 3 rings (SSSR count). The first-order valence-corrected chi connectivity index (χ1v) is 7.87. The molecular formula is C18H24N2O. The summed E-state index contributed by atoms with van der Waals surface area (Å²) >= 11 is 0. The van der Waals surface area contributed by atoms with Crippen molar-refractivity contribution in [3.8, 4) is 5.75 Å². The zero-order valence-electron chi connectivity index (χ0n) is 12.9. The molecule has 1 aliphatic heterocycles. The Balaban J connectivity index is 1.63. The van der Waals surface area contributed by atoms with Gasteiger partial charge in [0.05, 0.1) is 6.54 Å². The highest BCUT2D eigenvalue weighted by Gasteiger charge is 2.22. The van der Waals surface area contributed by atoms with Crippen LogP contribution in [0.15, 0.2) is 42.7 Å². The maximum absolute atomic E-state index is 6.02. The quantitative estimate of drug-likeness (QED) is 0.878. The van der Waals surface area contributed by atoms with Gasteiger partial charge in [0.25, 0.3) is 0 Å². The SMILES string of the molecule is CCCC(NC)c1ccn(CC2Cc3ccccc3O2)c1. The molecule has 1 aliphatic rings. The van der Waals surface area contributed by atoms with E-state index in [1.807, 2.05) is 13.1 Å². The molecule has 3 nitrogen and oxygen atoms in total. The minimum atomic E-state index is 0.252.